The molecule has 6 nitrogen and oxygen atoms in total. The highest BCUT2D eigenvalue weighted by atomic mass is 32.1. The van der Waals surface area contributed by atoms with Gasteiger partial charge in [0.1, 0.15) is 19.3 Å². The fourth-order valence-electron chi connectivity index (χ4n) is 4.40. The molecule has 2 aliphatic rings. The van der Waals surface area contributed by atoms with E-state index < -0.39 is 0 Å². The number of thiophene rings is 1. The van der Waals surface area contributed by atoms with Crippen LogP contribution in [0.1, 0.15) is 22.2 Å². The number of hydrogen-bond acceptors (Lipinski definition) is 4. The van der Waals surface area contributed by atoms with Crippen LogP contribution < -0.4 is 14.8 Å². The molecule has 2 aromatic heterocycles. The van der Waals surface area contributed by atoms with Gasteiger partial charge in [-0.05, 0) is 47.3 Å². The Hall–Kier alpha value is -3.71. The minimum atomic E-state index is -0.199. The number of fused-ring (bicyclic) bond motifs is 4. The number of carbonyl (C=O) groups is 1. The number of nitrogens with zero attached hydrogens (tertiary/aromatic N) is 2. The van der Waals surface area contributed by atoms with E-state index in [-0.39, 0.29) is 12.1 Å². The highest BCUT2D eigenvalue weighted by Crippen LogP contribution is 2.39. The van der Waals surface area contributed by atoms with Crippen LogP contribution in [0, 0.1) is 0 Å². The number of aromatic nitrogens is 1. The van der Waals surface area contributed by atoms with Gasteiger partial charge in [-0.1, -0.05) is 24.3 Å². The lowest BCUT2D eigenvalue weighted by atomic mass is 10.1. The summed E-state index contributed by atoms with van der Waals surface area (Å²) in [6.45, 7) is 1.54. The van der Waals surface area contributed by atoms with Gasteiger partial charge >= 0.3 is 6.03 Å². The Kier molecular flexibility index (Phi) is 4.61. The first-order valence-corrected chi connectivity index (χ1v) is 11.4. The van der Waals surface area contributed by atoms with E-state index in [9.17, 15) is 4.79 Å². The number of rotatable bonds is 2. The number of anilines is 1. The van der Waals surface area contributed by atoms with Gasteiger partial charge in [0.05, 0.1) is 17.9 Å². The maximum absolute atomic E-state index is 13.7. The predicted molar refractivity (Wildman–Crippen MR) is 124 cm³/mol. The summed E-state index contributed by atoms with van der Waals surface area (Å²) in [5.41, 5.74) is 3.94. The van der Waals surface area contributed by atoms with E-state index in [0.29, 0.717) is 36.9 Å². The van der Waals surface area contributed by atoms with Crippen molar-refractivity contribution >= 4 is 23.1 Å². The molecule has 0 radical (unpaired) electrons. The summed E-state index contributed by atoms with van der Waals surface area (Å²) >= 11 is 1.66. The van der Waals surface area contributed by atoms with Crippen molar-refractivity contribution in [2.45, 2.75) is 12.6 Å². The normalized spacial score (nSPS) is 16.6. The van der Waals surface area contributed by atoms with Gasteiger partial charge in [0.15, 0.2) is 11.5 Å². The highest BCUT2D eigenvalue weighted by molar-refractivity contribution is 7.10. The molecule has 1 unspecified atom stereocenters. The number of amides is 2. The van der Waals surface area contributed by atoms with Gasteiger partial charge in [0, 0.05) is 22.8 Å². The first kappa shape index (κ1) is 19.0. The molecule has 0 saturated carbocycles. The van der Waals surface area contributed by atoms with Gasteiger partial charge in [-0.25, -0.2) is 4.79 Å². The zero-order valence-corrected chi connectivity index (χ0v) is 18.0. The molecule has 1 N–H and O–H groups in total. The molecule has 7 heteroatoms. The number of ether oxygens (including phenoxy) is 2. The lowest BCUT2D eigenvalue weighted by Crippen LogP contribution is -2.37. The number of para-hydroxylation sites is 1. The van der Waals surface area contributed by atoms with Crippen LogP contribution in [0.15, 0.2) is 78.3 Å². The third-order valence-electron chi connectivity index (χ3n) is 5.83. The molecule has 2 aliphatic heterocycles. The molecule has 2 amide bonds. The van der Waals surface area contributed by atoms with Crippen LogP contribution in [0.5, 0.6) is 11.5 Å². The Labute approximate surface area is 189 Å². The van der Waals surface area contributed by atoms with E-state index in [1.54, 1.807) is 11.3 Å². The SMILES string of the molecule is O=C(Nc1ccc2c(c1)OCCO2)N1Cc2ccccc2-n2cccc2C1c1cccs1. The van der Waals surface area contributed by atoms with Gasteiger partial charge in [0.2, 0.25) is 0 Å². The Morgan fingerprint density at radius 3 is 2.72 bits per heavy atom. The van der Waals surface area contributed by atoms with Crippen LogP contribution in [0.2, 0.25) is 0 Å². The van der Waals surface area contributed by atoms with E-state index >= 15 is 0 Å². The number of hydrogen-bond donors (Lipinski definition) is 1. The van der Waals surface area contributed by atoms with Gasteiger partial charge in [0.25, 0.3) is 0 Å². The number of benzene rings is 2. The average molecular weight is 444 g/mol. The minimum absolute atomic E-state index is 0.162. The predicted octanol–water partition coefficient (Wildman–Crippen LogP) is 5.45. The third-order valence-corrected chi connectivity index (χ3v) is 6.76. The maximum Gasteiger partial charge on any atom is 0.323 e. The molecule has 0 saturated heterocycles. The second kappa shape index (κ2) is 7.76. The van der Waals surface area contributed by atoms with E-state index in [2.05, 4.69) is 45.7 Å². The lowest BCUT2D eigenvalue weighted by Gasteiger charge is -2.30. The quantitative estimate of drug-likeness (QED) is 0.448. The smallest absolute Gasteiger partial charge is 0.323 e. The number of carbonyl (C=O) groups excluding carboxylic acids is 1. The molecule has 0 spiro atoms. The number of nitrogens with one attached hydrogen (secondary N) is 1. The molecule has 6 rings (SSSR count). The third kappa shape index (κ3) is 3.22. The van der Waals surface area contributed by atoms with E-state index in [1.165, 1.54) is 0 Å². The Morgan fingerprint density at radius 2 is 1.84 bits per heavy atom. The summed E-state index contributed by atoms with van der Waals surface area (Å²) in [5.74, 6) is 1.35. The van der Waals surface area contributed by atoms with Crippen LogP contribution in [0.3, 0.4) is 0 Å². The summed E-state index contributed by atoms with van der Waals surface area (Å²) in [6, 6.07) is 21.6. The standard InChI is InChI=1S/C25H21N3O3S/c29-25(26-18-9-10-21-22(15-18)31-13-12-30-21)28-16-17-5-1-2-6-19(17)27-11-3-7-20(27)24(28)23-8-4-14-32-23/h1-11,14-15,24H,12-13,16H2,(H,26,29). The zero-order chi connectivity index (χ0) is 21.5. The van der Waals surface area contributed by atoms with Crippen LogP contribution in [0.25, 0.3) is 5.69 Å². The van der Waals surface area contributed by atoms with E-state index in [4.69, 9.17) is 9.47 Å². The molecule has 4 heterocycles. The largest absolute Gasteiger partial charge is 0.486 e. The topological polar surface area (TPSA) is 55.7 Å². The summed E-state index contributed by atoms with van der Waals surface area (Å²) in [4.78, 5) is 16.7. The number of urea groups is 1. The summed E-state index contributed by atoms with van der Waals surface area (Å²) in [5, 5.41) is 5.14. The molecule has 2 aromatic carbocycles. The second-order valence-electron chi connectivity index (χ2n) is 7.77. The zero-order valence-electron chi connectivity index (χ0n) is 17.2. The summed E-state index contributed by atoms with van der Waals surface area (Å²) in [6.07, 6.45) is 2.07. The van der Waals surface area contributed by atoms with Crippen molar-refractivity contribution in [3.8, 4) is 17.2 Å². The first-order chi connectivity index (χ1) is 15.8. The van der Waals surface area contributed by atoms with Crippen LogP contribution in [-0.2, 0) is 6.54 Å². The van der Waals surface area contributed by atoms with Gasteiger partial charge in [-0.3, -0.25) is 0 Å². The Balaban J connectivity index is 1.40. The second-order valence-corrected chi connectivity index (χ2v) is 8.75. The van der Waals surface area contributed by atoms with Crippen molar-refractivity contribution in [1.29, 1.82) is 0 Å². The molecular formula is C25H21N3O3S. The summed E-state index contributed by atoms with van der Waals surface area (Å²) < 4.78 is 13.5. The lowest BCUT2D eigenvalue weighted by molar-refractivity contribution is 0.171. The fourth-order valence-corrected chi connectivity index (χ4v) is 5.25. The van der Waals surface area contributed by atoms with Crippen molar-refractivity contribution in [1.82, 2.24) is 9.47 Å². The van der Waals surface area contributed by atoms with Crippen LogP contribution >= 0.6 is 11.3 Å². The van der Waals surface area contributed by atoms with Crippen LogP contribution in [-0.4, -0.2) is 28.7 Å². The first-order valence-electron chi connectivity index (χ1n) is 10.5. The molecule has 0 bridgehead atoms. The molecule has 160 valence electrons. The van der Waals surface area contributed by atoms with Crippen molar-refractivity contribution in [2.75, 3.05) is 18.5 Å². The Morgan fingerprint density at radius 1 is 0.969 bits per heavy atom. The maximum atomic E-state index is 13.7. The Bertz CT molecular complexity index is 1280. The van der Waals surface area contributed by atoms with Gasteiger partial charge in [-0.2, -0.15) is 0 Å². The highest BCUT2D eigenvalue weighted by Gasteiger charge is 2.33. The monoisotopic (exact) mass is 443 g/mol. The fraction of sp³-hybridized carbons (Fsp3) is 0.160. The van der Waals surface area contributed by atoms with Crippen LogP contribution in [0.4, 0.5) is 10.5 Å². The molecule has 4 aromatic rings. The molecule has 0 aliphatic carbocycles. The van der Waals surface area contributed by atoms with Gasteiger partial charge in [-0.15, -0.1) is 11.3 Å². The van der Waals surface area contributed by atoms with Crippen molar-refractivity contribution < 1.29 is 14.3 Å². The van der Waals surface area contributed by atoms with E-state index in [0.717, 1.165) is 21.8 Å². The minimum Gasteiger partial charge on any atom is -0.486 e. The molecular weight excluding hydrogens is 422 g/mol. The molecule has 0 fully saturated rings. The van der Waals surface area contributed by atoms with Crippen molar-refractivity contribution in [3.63, 3.8) is 0 Å². The molecule has 32 heavy (non-hydrogen) atoms. The molecule has 1 atom stereocenters. The van der Waals surface area contributed by atoms with Crippen molar-refractivity contribution in [2.24, 2.45) is 0 Å². The average Bonchev–Trinajstić information content (AvgIpc) is 3.50. The van der Waals surface area contributed by atoms with Crippen molar-refractivity contribution in [3.05, 3.63) is 94.4 Å². The van der Waals surface area contributed by atoms with E-state index in [1.807, 2.05) is 47.4 Å². The summed E-state index contributed by atoms with van der Waals surface area (Å²) in [7, 11) is 0. The van der Waals surface area contributed by atoms with Gasteiger partial charge < -0.3 is 24.3 Å².